The van der Waals surface area contributed by atoms with E-state index in [1.165, 1.54) is 0 Å². The van der Waals surface area contributed by atoms with Gasteiger partial charge in [-0.2, -0.15) is 0 Å². The second-order valence-corrected chi connectivity index (χ2v) is 8.20. The summed E-state index contributed by atoms with van der Waals surface area (Å²) >= 11 is 0. The quantitative estimate of drug-likeness (QED) is 0.412. The molecule has 0 aliphatic carbocycles. The molecule has 1 fully saturated rings. The number of anilines is 1. The summed E-state index contributed by atoms with van der Waals surface area (Å²) in [7, 11) is 0. The average molecular weight is 440 g/mol. The van der Waals surface area contributed by atoms with Gasteiger partial charge in [0.25, 0.3) is 0 Å². The van der Waals surface area contributed by atoms with E-state index in [0.717, 1.165) is 23.2 Å². The number of hydrogen-bond acceptors (Lipinski definition) is 6. The number of carbonyl (C=O) groups excluding carboxylic acids is 2. The van der Waals surface area contributed by atoms with Gasteiger partial charge in [-0.05, 0) is 68.5 Å². The third kappa shape index (κ3) is 6.04. The van der Waals surface area contributed by atoms with E-state index in [1.807, 2.05) is 25.1 Å². The number of carboxylic acids is 1. The van der Waals surface area contributed by atoms with Crippen molar-refractivity contribution in [3.8, 4) is 0 Å². The standard InChI is InChI=1S/C23H29N5O4/c1-13-18(7-8-20(24)27-13)12-26-21(29)14(2)28-22(30)19-10-16(11-25-19)9-15-3-5-17(6-4-15)23(31)32/h3-8,14,16,19,25H,9-12H2,1-2H3,(H2,24,27)(H,26,29)(H,28,30)(H,31,32)/t14-,16-,19+/m0/s1. The van der Waals surface area contributed by atoms with Crippen molar-refractivity contribution in [3.63, 3.8) is 0 Å². The zero-order valence-electron chi connectivity index (χ0n) is 18.2. The van der Waals surface area contributed by atoms with Gasteiger partial charge in [-0.25, -0.2) is 9.78 Å². The van der Waals surface area contributed by atoms with Crippen molar-refractivity contribution < 1.29 is 19.5 Å². The van der Waals surface area contributed by atoms with E-state index in [0.29, 0.717) is 25.3 Å². The highest BCUT2D eigenvalue weighted by atomic mass is 16.4. The molecule has 1 aliphatic rings. The van der Waals surface area contributed by atoms with E-state index in [-0.39, 0.29) is 29.3 Å². The number of aromatic carboxylic acids is 1. The van der Waals surface area contributed by atoms with Gasteiger partial charge < -0.3 is 26.8 Å². The first-order valence-corrected chi connectivity index (χ1v) is 10.6. The molecule has 32 heavy (non-hydrogen) atoms. The van der Waals surface area contributed by atoms with Crippen LogP contribution in [0.4, 0.5) is 5.82 Å². The lowest BCUT2D eigenvalue weighted by atomic mass is 9.96. The fourth-order valence-corrected chi connectivity index (χ4v) is 3.79. The molecule has 0 unspecified atom stereocenters. The van der Waals surface area contributed by atoms with E-state index >= 15 is 0 Å². The smallest absolute Gasteiger partial charge is 0.335 e. The summed E-state index contributed by atoms with van der Waals surface area (Å²) in [5.41, 5.74) is 8.54. The first-order valence-electron chi connectivity index (χ1n) is 10.6. The van der Waals surface area contributed by atoms with Crippen molar-refractivity contribution in [2.45, 2.75) is 45.3 Å². The van der Waals surface area contributed by atoms with E-state index in [1.54, 1.807) is 25.1 Å². The Labute approximate surface area is 186 Å². The van der Waals surface area contributed by atoms with Crippen LogP contribution in [0.25, 0.3) is 0 Å². The molecule has 1 saturated heterocycles. The number of aryl methyl sites for hydroxylation is 1. The zero-order valence-corrected chi connectivity index (χ0v) is 18.2. The van der Waals surface area contributed by atoms with Crippen molar-refractivity contribution >= 4 is 23.6 Å². The van der Waals surface area contributed by atoms with Crippen LogP contribution < -0.4 is 21.7 Å². The van der Waals surface area contributed by atoms with Gasteiger partial charge in [0, 0.05) is 12.2 Å². The molecule has 0 spiro atoms. The monoisotopic (exact) mass is 439 g/mol. The van der Waals surface area contributed by atoms with Gasteiger partial charge in [-0.1, -0.05) is 18.2 Å². The van der Waals surface area contributed by atoms with Crippen LogP contribution in [-0.2, 0) is 22.6 Å². The lowest BCUT2D eigenvalue weighted by Crippen LogP contribution is -2.50. The number of hydrogen-bond donors (Lipinski definition) is 5. The van der Waals surface area contributed by atoms with Crippen LogP contribution in [0.15, 0.2) is 36.4 Å². The van der Waals surface area contributed by atoms with Crippen LogP contribution in [0.5, 0.6) is 0 Å². The Bertz CT molecular complexity index is 992. The number of rotatable bonds is 8. The van der Waals surface area contributed by atoms with Gasteiger partial charge in [0.1, 0.15) is 11.9 Å². The maximum Gasteiger partial charge on any atom is 0.335 e. The SMILES string of the molecule is Cc1nc(N)ccc1CNC(=O)[C@H](C)NC(=O)[C@H]1C[C@H](Cc2ccc(C(=O)O)cc2)CN1. The first-order chi connectivity index (χ1) is 15.2. The minimum atomic E-state index is -0.950. The highest BCUT2D eigenvalue weighted by Crippen LogP contribution is 2.20. The molecule has 0 saturated carbocycles. The molecule has 1 aliphatic heterocycles. The van der Waals surface area contributed by atoms with Crippen LogP contribution in [0.1, 0.15) is 40.5 Å². The molecule has 0 radical (unpaired) electrons. The normalized spacial score (nSPS) is 18.7. The topological polar surface area (TPSA) is 146 Å². The molecule has 3 rings (SSSR count). The molecular weight excluding hydrogens is 410 g/mol. The summed E-state index contributed by atoms with van der Waals surface area (Å²) in [4.78, 5) is 40.1. The Morgan fingerprint density at radius 1 is 1.22 bits per heavy atom. The predicted octanol–water partition coefficient (Wildman–Crippen LogP) is 1.01. The fraction of sp³-hybridized carbons (Fsp3) is 0.391. The first kappa shape index (κ1) is 23.2. The van der Waals surface area contributed by atoms with Crippen molar-refractivity contribution in [2.24, 2.45) is 5.92 Å². The van der Waals surface area contributed by atoms with Gasteiger partial charge in [0.2, 0.25) is 11.8 Å². The maximum atomic E-state index is 12.6. The summed E-state index contributed by atoms with van der Waals surface area (Å²) in [5.74, 6) is -0.747. The van der Waals surface area contributed by atoms with E-state index in [9.17, 15) is 14.4 Å². The van der Waals surface area contributed by atoms with E-state index in [4.69, 9.17) is 10.8 Å². The van der Waals surface area contributed by atoms with Crippen molar-refractivity contribution in [3.05, 3.63) is 58.8 Å². The second-order valence-electron chi connectivity index (χ2n) is 8.20. The number of nitrogens with one attached hydrogen (secondary N) is 3. The van der Waals surface area contributed by atoms with Crippen LogP contribution in [-0.4, -0.2) is 46.5 Å². The number of carboxylic acid groups (broad SMARTS) is 1. The Morgan fingerprint density at radius 3 is 2.59 bits per heavy atom. The summed E-state index contributed by atoms with van der Waals surface area (Å²) in [6, 6.07) is 9.26. The number of benzene rings is 1. The summed E-state index contributed by atoms with van der Waals surface area (Å²) in [6.07, 6.45) is 1.40. The molecule has 9 nitrogen and oxygen atoms in total. The third-order valence-electron chi connectivity index (χ3n) is 5.69. The summed E-state index contributed by atoms with van der Waals surface area (Å²) in [6.45, 7) is 4.47. The molecule has 6 N–H and O–H groups in total. The largest absolute Gasteiger partial charge is 0.478 e. The minimum Gasteiger partial charge on any atom is -0.478 e. The predicted molar refractivity (Wildman–Crippen MR) is 120 cm³/mol. The van der Waals surface area contributed by atoms with Crippen LogP contribution in [0.3, 0.4) is 0 Å². The maximum absolute atomic E-state index is 12.6. The second kappa shape index (κ2) is 10.2. The fourth-order valence-electron chi connectivity index (χ4n) is 3.79. The van der Waals surface area contributed by atoms with Gasteiger partial charge in [0.05, 0.1) is 11.6 Å². The molecule has 2 amide bonds. The third-order valence-corrected chi connectivity index (χ3v) is 5.69. The van der Waals surface area contributed by atoms with Gasteiger partial charge in [0.15, 0.2) is 0 Å². The molecule has 3 atom stereocenters. The number of amides is 2. The number of nitrogen functional groups attached to an aromatic ring is 1. The Hall–Kier alpha value is -3.46. The summed E-state index contributed by atoms with van der Waals surface area (Å²) in [5, 5.41) is 17.8. The number of pyridine rings is 1. The number of nitrogens with two attached hydrogens (primary N) is 1. The van der Waals surface area contributed by atoms with Gasteiger partial charge >= 0.3 is 5.97 Å². The molecular formula is C23H29N5O4. The van der Waals surface area contributed by atoms with Gasteiger partial charge in [-0.3, -0.25) is 9.59 Å². The lowest BCUT2D eigenvalue weighted by Gasteiger charge is -2.17. The zero-order chi connectivity index (χ0) is 23.3. The number of carbonyl (C=O) groups is 3. The molecule has 9 heteroatoms. The van der Waals surface area contributed by atoms with Crippen molar-refractivity contribution in [1.82, 2.24) is 20.9 Å². The highest BCUT2D eigenvalue weighted by molar-refractivity contribution is 5.89. The van der Waals surface area contributed by atoms with Crippen LogP contribution >= 0.6 is 0 Å². The van der Waals surface area contributed by atoms with Crippen LogP contribution in [0.2, 0.25) is 0 Å². The van der Waals surface area contributed by atoms with E-state index in [2.05, 4.69) is 20.9 Å². The van der Waals surface area contributed by atoms with Crippen molar-refractivity contribution in [2.75, 3.05) is 12.3 Å². The minimum absolute atomic E-state index is 0.207. The van der Waals surface area contributed by atoms with E-state index < -0.39 is 12.0 Å². The Kier molecular flexibility index (Phi) is 7.42. The Balaban J connectivity index is 1.44. The Morgan fingerprint density at radius 2 is 1.94 bits per heavy atom. The number of nitrogens with zero attached hydrogens (tertiary/aromatic N) is 1. The van der Waals surface area contributed by atoms with Gasteiger partial charge in [-0.15, -0.1) is 0 Å². The lowest BCUT2D eigenvalue weighted by molar-refractivity contribution is -0.129. The molecule has 0 bridgehead atoms. The number of aromatic nitrogens is 1. The molecule has 1 aromatic heterocycles. The van der Waals surface area contributed by atoms with Crippen molar-refractivity contribution in [1.29, 1.82) is 0 Å². The average Bonchev–Trinajstić information content (AvgIpc) is 3.22. The molecule has 2 heterocycles. The molecule has 1 aromatic carbocycles. The highest BCUT2D eigenvalue weighted by Gasteiger charge is 2.30. The molecule has 2 aromatic rings. The summed E-state index contributed by atoms with van der Waals surface area (Å²) < 4.78 is 0. The van der Waals surface area contributed by atoms with Crippen LogP contribution in [0, 0.1) is 12.8 Å². The molecule has 170 valence electrons.